The molecule has 0 atom stereocenters. The molecule has 0 aliphatic carbocycles. The summed E-state index contributed by atoms with van der Waals surface area (Å²) in [6.07, 6.45) is 16.0. The van der Waals surface area contributed by atoms with Gasteiger partial charge in [0.05, 0.1) is 0 Å². The quantitative estimate of drug-likeness (QED) is 0.265. The second-order valence-corrected chi connectivity index (χ2v) is 3.91. The molecule has 0 N–H and O–H groups in total. The van der Waals surface area contributed by atoms with Crippen LogP contribution in [0.3, 0.4) is 0 Å². The third-order valence-electron chi connectivity index (χ3n) is 2.51. The van der Waals surface area contributed by atoms with E-state index in [0.29, 0.717) is 0 Å². The minimum absolute atomic E-state index is 0. The van der Waals surface area contributed by atoms with Crippen molar-refractivity contribution in [3.8, 4) is 0 Å². The summed E-state index contributed by atoms with van der Waals surface area (Å²) in [5.41, 5.74) is 0. The minimum atomic E-state index is 0. The Hall–Kier alpha value is 0.337. The molecule has 0 nitrogen and oxygen atoms in total. The van der Waals surface area contributed by atoms with Crippen molar-refractivity contribution < 1.29 is 0 Å². The summed E-state index contributed by atoms with van der Waals surface area (Å²) in [6, 6.07) is 0. The number of allylic oxidation sites excluding steroid dienone is 1. The zero-order valence-electron chi connectivity index (χ0n) is 10.4. The third-order valence-corrected chi connectivity index (χ3v) is 2.51. The Bertz CT molecular complexity index is 99.4. The van der Waals surface area contributed by atoms with Crippen molar-refractivity contribution in [2.45, 2.75) is 71.1 Å². The molecular formula is C13H26Li. The van der Waals surface area contributed by atoms with Crippen molar-refractivity contribution in [3.63, 3.8) is 0 Å². The van der Waals surface area contributed by atoms with Crippen LogP contribution < -0.4 is 0 Å². The summed E-state index contributed by atoms with van der Waals surface area (Å²) in [5.74, 6) is 0. The Morgan fingerprint density at radius 3 is 1.64 bits per heavy atom. The molecule has 0 unspecified atom stereocenters. The van der Waals surface area contributed by atoms with Gasteiger partial charge in [0.1, 0.15) is 0 Å². The molecule has 0 aromatic carbocycles. The van der Waals surface area contributed by atoms with E-state index in [1.165, 1.54) is 64.2 Å². The van der Waals surface area contributed by atoms with Gasteiger partial charge >= 0.3 is 0 Å². The predicted molar refractivity (Wildman–Crippen MR) is 67.8 cm³/mol. The molecule has 0 aliphatic heterocycles. The van der Waals surface area contributed by atoms with Gasteiger partial charge in [-0.05, 0) is 12.8 Å². The third kappa shape index (κ3) is 14.8. The summed E-state index contributed by atoms with van der Waals surface area (Å²) in [5, 5.41) is 0. The largest absolute Gasteiger partial charge is 0.103 e. The molecule has 0 saturated heterocycles. The van der Waals surface area contributed by atoms with Crippen LogP contribution in [0.15, 0.2) is 12.7 Å². The van der Waals surface area contributed by atoms with Crippen molar-refractivity contribution in [1.29, 1.82) is 0 Å². The monoisotopic (exact) mass is 189 g/mol. The van der Waals surface area contributed by atoms with Crippen LogP contribution in [0.5, 0.6) is 0 Å². The molecule has 79 valence electrons. The van der Waals surface area contributed by atoms with Gasteiger partial charge in [-0.15, -0.1) is 6.58 Å². The summed E-state index contributed by atoms with van der Waals surface area (Å²) >= 11 is 0. The van der Waals surface area contributed by atoms with Crippen molar-refractivity contribution in [1.82, 2.24) is 0 Å². The molecule has 0 bridgehead atoms. The summed E-state index contributed by atoms with van der Waals surface area (Å²) in [4.78, 5) is 0. The number of rotatable bonds is 10. The normalized spacial score (nSPS) is 9.50. The minimum Gasteiger partial charge on any atom is -0.103 e. The van der Waals surface area contributed by atoms with Gasteiger partial charge in [0.2, 0.25) is 0 Å². The fourth-order valence-corrected chi connectivity index (χ4v) is 1.60. The van der Waals surface area contributed by atoms with E-state index >= 15 is 0 Å². The number of unbranched alkanes of at least 4 members (excludes halogenated alkanes) is 9. The van der Waals surface area contributed by atoms with Crippen molar-refractivity contribution in [3.05, 3.63) is 12.7 Å². The Balaban J connectivity index is 0. The maximum absolute atomic E-state index is 3.73. The van der Waals surface area contributed by atoms with E-state index in [1.807, 2.05) is 6.08 Å². The molecule has 14 heavy (non-hydrogen) atoms. The topological polar surface area (TPSA) is 0 Å². The average molecular weight is 189 g/mol. The second-order valence-electron chi connectivity index (χ2n) is 3.91. The van der Waals surface area contributed by atoms with Crippen molar-refractivity contribution in [2.24, 2.45) is 0 Å². The van der Waals surface area contributed by atoms with Crippen LogP contribution in [0, 0.1) is 0 Å². The molecule has 1 radical (unpaired) electrons. The number of hydrogen-bond acceptors (Lipinski definition) is 0. The van der Waals surface area contributed by atoms with Crippen LogP contribution in [-0.2, 0) is 0 Å². The molecular weight excluding hydrogens is 163 g/mol. The molecule has 0 aromatic heterocycles. The van der Waals surface area contributed by atoms with Gasteiger partial charge in [0.25, 0.3) is 0 Å². The first kappa shape index (κ1) is 16.8. The Morgan fingerprint density at radius 1 is 0.786 bits per heavy atom. The summed E-state index contributed by atoms with van der Waals surface area (Å²) < 4.78 is 0. The van der Waals surface area contributed by atoms with Crippen LogP contribution in [0.2, 0.25) is 0 Å². The Labute approximate surface area is 103 Å². The molecule has 0 heterocycles. The first-order chi connectivity index (χ1) is 6.41. The zero-order valence-corrected chi connectivity index (χ0v) is 10.4. The van der Waals surface area contributed by atoms with Gasteiger partial charge in [-0.2, -0.15) is 0 Å². The van der Waals surface area contributed by atoms with Crippen LogP contribution in [-0.4, -0.2) is 18.9 Å². The smallest absolute Gasteiger partial charge is 0 e. The molecule has 0 aromatic rings. The first-order valence-electron chi connectivity index (χ1n) is 6.02. The molecule has 0 rings (SSSR count). The van der Waals surface area contributed by atoms with Crippen LogP contribution in [0.4, 0.5) is 0 Å². The standard InChI is InChI=1S/C13H26.Li/c1-3-5-7-9-11-13-12-10-8-6-4-2;/h3H,1,4-13H2,2H3;. The predicted octanol–water partition coefficient (Wildman–Crippen LogP) is 4.71. The second kappa shape index (κ2) is 15.8. The fourth-order valence-electron chi connectivity index (χ4n) is 1.60. The van der Waals surface area contributed by atoms with E-state index in [-0.39, 0.29) is 18.9 Å². The van der Waals surface area contributed by atoms with Crippen LogP contribution in [0.25, 0.3) is 0 Å². The molecule has 0 aliphatic rings. The van der Waals surface area contributed by atoms with Crippen LogP contribution in [0.1, 0.15) is 71.1 Å². The zero-order chi connectivity index (χ0) is 9.78. The van der Waals surface area contributed by atoms with Crippen LogP contribution >= 0.6 is 0 Å². The molecule has 0 amide bonds. The Kier molecular flexibility index (Phi) is 18.9. The van der Waals surface area contributed by atoms with E-state index in [2.05, 4.69) is 13.5 Å². The SMILES string of the molecule is C=CCCCCCCCCCCC.[Li]. The maximum Gasteiger partial charge on any atom is 0 e. The van der Waals surface area contributed by atoms with Gasteiger partial charge in [-0.25, -0.2) is 0 Å². The van der Waals surface area contributed by atoms with E-state index in [1.54, 1.807) is 0 Å². The van der Waals surface area contributed by atoms with Gasteiger partial charge in [0.15, 0.2) is 0 Å². The van der Waals surface area contributed by atoms with Gasteiger partial charge in [0, 0.05) is 18.9 Å². The van der Waals surface area contributed by atoms with Crippen molar-refractivity contribution >= 4 is 18.9 Å². The van der Waals surface area contributed by atoms with E-state index in [4.69, 9.17) is 0 Å². The van der Waals surface area contributed by atoms with E-state index in [9.17, 15) is 0 Å². The van der Waals surface area contributed by atoms with Gasteiger partial charge in [-0.3, -0.25) is 0 Å². The first-order valence-corrected chi connectivity index (χ1v) is 6.02. The molecule has 0 spiro atoms. The van der Waals surface area contributed by atoms with E-state index < -0.39 is 0 Å². The average Bonchev–Trinajstić information content (AvgIpc) is 2.16. The number of hydrogen-bond donors (Lipinski definition) is 0. The fraction of sp³-hybridized carbons (Fsp3) is 0.846. The van der Waals surface area contributed by atoms with Gasteiger partial charge in [-0.1, -0.05) is 64.4 Å². The molecule has 0 saturated carbocycles. The molecule has 0 fully saturated rings. The van der Waals surface area contributed by atoms with E-state index in [0.717, 1.165) is 0 Å². The van der Waals surface area contributed by atoms with Gasteiger partial charge < -0.3 is 0 Å². The van der Waals surface area contributed by atoms with Crippen molar-refractivity contribution in [2.75, 3.05) is 0 Å². The molecule has 1 heteroatoms. The summed E-state index contributed by atoms with van der Waals surface area (Å²) in [6.45, 7) is 6.00. The maximum atomic E-state index is 3.73. The summed E-state index contributed by atoms with van der Waals surface area (Å²) in [7, 11) is 0. The Morgan fingerprint density at radius 2 is 1.21 bits per heavy atom.